The quantitative estimate of drug-likeness (QED) is 0.779. The van der Waals surface area contributed by atoms with Gasteiger partial charge in [0.2, 0.25) is 11.8 Å². The molecule has 0 radical (unpaired) electrons. The van der Waals surface area contributed by atoms with E-state index in [0.29, 0.717) is 19.7 Å². The van der Waals surface area contributed by atoms with Crippen LogP contribution in [0, 0.1) is 0 Å². The Morgan fingerprint density at radius 1 is 1.27 bits per heavy atom. The second-order valence-corrected chi connectivity index (χ2v) is 7.11. The highest BCUT2D eigenvalue weighted by Crippen LogP contribution is 2.19. The zero-order valence-electron chi connectivity index (χ0n) is 15.5. The molecule has 0 spiro atoms. The molecule has 26 heavy (non-hydrogen) atoms. The van der Waals surface area contributed by atoms with Crippen LogP contribution in [0.15, 0.2) is 24.3 Å². The number of carbonyl (C=O) groups excluding carboxylic acids is 2. The Hall–Kier alpha value is -2.08. The third-order valence-electron chi connectivity index (χ3n) is 5.16. The van der Waals surface area contributed by atoms with E-state index in [9.17, 15) is 9.59 Å². The Kier molecular flexibility index (Phi) is 6.50. The predicted molar refractivity (Wildman–Crippen MR) is 99.8 cm³/mol. The zero-order valence-corrected chi connectivity index (χ0v) is 15.5. The Morgan fingerprint density at radius 2 is 2.00 bits per heavy atom. The van der Waals surface area contributed by atoms with E-state index in [1.807, 2.05) is 31.2 Å². The lowest BCUT2D eigenvalue weighted by Gasteiger charge is -2.35. The summed E-state index contributed by atoms with van der Waals surface area (Å²) in [6.45, 7) is 4.63. The molecule has 1 saturated carbocycles. The van der Waals surface area contributed by atoms with Gasteiger partial charge in [0.15, 0.2) is 0 Å². The summed E-state index contributed by atoms with van der Waals surface area (Å²) in [6.07, 6.45) is 4.69. The van der Waals surface area contributed by atoms with Crippen LogP contribution in [0.2, 0.25) is 0 Å². The van der Waals surface area contributed by atoms with Crippen molar-refractivity contribution >= 4 is 11.8 Å². The summed E-state index contributed by atoms with van der Waals surface area (Å²) in [6, 6.07) is 7.82. The van der Waals surface area contributed by atoms with Crippen LogP contribution in [0.4, 0.5) is 0 Å². The maximum Gasteiger partial charge on any atom is 0.237 e. The molecule has 1 aliphatic carbocycles. The van der Waals surface area contributed by atoms with Crippen molar-refractivity contribution in [2.24, 2.45) is 0 Å². The minimum atomic E-state index is -0.406. The summed E-state index contributed by atoms with van der Waals surface area (Å²) in [5.74, 6) is 0.777. The molecule has 1 aliphatic heterocycles. The minimum absolute atomic E-state index is 0.0179. The predicted octanol–water partition coefficient (Wildman–Crippen LogP) is 1.83. The second-order valence-electron chi connectivity index (χ2n) is 7.11. The first-order valence-corrected chi connectivity index (χ1v) is 9.68. The first-order valence-electron chi connectivity index (χ1n) is 9.68. The van der Waals surface area contributed by atoms with E-state index in [0.717, 1.165) is 30.7 Å². The molecule has 2 aliphatic rings. The van der Waals surface area contributed by atoms with Crippen LogP contribution in [0.1, 0.15) is 44.6 Å². The lowest BCUT2D eigenvalue weighted by molar-refractivity contribution is -0.134. The molecule has 1 atom stereocenters. The third-order valence-corrected chi connectivity index (χ3v) is 5.16. The van der Waals surface area contributed by atoms with Gasteiger partial charge in [-0.3, -0.25) is 14.5 Å². The fraction of sp³-hybridized carbons (Fsp3) is 0.600. The van der Waals surface area contributed by atoms with E-state index in [2.05, 4.69) is 15.5 Å². The number of hydrogen-bond acceptors (Lipinski definition) is 4. The molecule has 1 aromatic carbocycles. The molecule has 0 bridgehead atoms. The first kappa shape index (κ1) is 18.7. The van der Waals surface area contributed by atoms with Crippen molar-refractivity contribution < 1.29 is 14.3 Å². The van der Waals surface area contributed by atoms with Crippen LogP contribution in [0.5, 0.6) is 5.75 Å². The highest BCUT2D eigenvalue weighted by Gasteiger charge is 2.32. The van der Waals surface area contributed by atoms with E-state index >= 15 is 0 Å². The van der Waals surface area contributed by atoms with E-state index in [4.69, 9.17) is 4.74 Å². The fourth-order valence-electron chi connectivity index (χ4n) is 3.80. The molecular weight excluding hydrogens is 330 g/mol. The van der Waals surface area contributed by atoms with E-state index in [1.165, 1.54) is 12.8 Å². The Balaban J connectivity index is 1.59. The third kappa shape index (κ3) is 4.97. The number of carbonyl (C=O) groups is 2. The van der Waals surface area contributed by atoms with Crippen LogP contribution in [-0.2, 0) is 16.1 Å². The molecule has 1 heterocycles. The molecule has 3 rings (SSSR count). The molecule has 2 amide bonds. The summed E-state index contributed by atoms with van der Waals surface area (Å²) in [7, 11) is 0. The van der Waals surface area contributed by atoms with Crippen molar-refractivity contribution in [2.45, 2.75) is 57.7 Å². The van der Waals surface area contributed by atoms with Gasteiger partial charge in [-0.2, -0.15) is 0 Å². The Bertz CT molecular complexity index is 611. The second kappa shape index (κ2) is 9.03. The van der Waals surface area contributed by atoms with Gasteiger partial charge in [-0.25, -0.2) is 0 Å². The van der Waals surface area contributed by atoms with E-state index < -0.39 is 6.04 Å². The molecule has 6 heteroatoms. The summed E-state index contributed by atoms with van der Waals surface area (Å²) in [5, 5.41) is 5.98. The lowest BCUT2D eigenvalue weighted by Crippen LogP contribution is -2.56. The Morgan fingerprint density at radius 3 is 2.69 bits per heavy atom. The highest BCUT2D eigenvalue weighted by atomic mass is 16.5. The largest absolute Gasteiger partial charge is 0.494 e. The first-order chi connectivity index (χ1) is 12.7. The molecule has 0 unspecified atom stereocenters. The van der Waals surface area contributed by atoms with Gasteiger partial charge in [-0.15, -0.1) is 0 Å². The van der Waals surface area contributed by atoms with Gasteiger partial charge in [0.1, 0.15) is 5.75 Å². The average Bonchev–Trinajstić information content (AvgIpc) is 3.13. The van der Waals surface area contributed by atoms with Crippen molar-refractivity contribution in [1.82, 2.24) is 15.5 Å². The van der Waals surface area contributed by atoms with Crippen LogP contribution in [0.3, 0.4) is 0 Å². The summed E-state index contributed by atoms with van der Waals surface area (Å²) < 4.78 is 5.47. The van der Waals surface area contributed by atoms with Gasteiger partial charge in [0, 0.05) is 25.7 Å². The van der Waals surface area contributed by atoms with Crippen molar-refractivity contribution in [3.63, 3.8) is 0 Å². The summed E-state index contributed by atoms with van der Waals surface area (Å²) in [4.78, 5) is 26.8. The highest BCUT2D eigenvalue weighted by molar-refractivity contribution is 5.88. The van der Waals surface area contributed by atoms with Gasteiger partial charge in [-0.1, -0.05) is 25.0 Å². The SMILES string of the molecule is CCOc1ccc(CN2CCNC(=O)[C@H]2CC(=O)NC2CCCC2)cc1. The molecule has 1 aromatic rings. The maximum atomic E-state index is 12.4. The van der Waals surface area contributed by atoms with Gasteiger partial charge in [0.25, 0.3) is 0 Å². The van der Waals surface area contributed by atoms with E-state index in [1.54, 1.807) is 0 Å². The topological polar surface area (TPSA) is 70.7 Å². The molecule has 142 valence electrons. The van der Waals surface area contributed by atoms with Crippen molar-refractivity contribution in [3.8, 4) is 5.75 Å². The van der Waals surface area contributed by atoms with Crippen LogP contribution in [0.25, 0.3) is 0 Å². The normalized spacial score (nSPS) is 21.4. The lowest BCUT2D eigenvalue weighted by atomic mass is 10.1. The maximum absolute atomic E-state index is 12.4. The van der Waals surface area contributed by atoms with Crippen molar-refractivity contribution in [2.75, 3.05) is 19.7 Å². The number of amides is 2. The molecule has 6 nitrogen and oxygen atoms in total. The number of ether oxygens (including phenoxy) is 1. The van der Waals surface area contributed by atoms with Gasteiger partial charge >= 0.3 is 0 Å². The van der Waals surface area contributed by atoms with Crippen LogP contribution >= 0.6 is 0 Å². The van der Waals surface area contributed by atoms with Gasteiger partial charge < -0.3 is 15.4 Å². The average molecular weight is 359 g/mol. The number of piperazine rings is 1. The van der Waals surface area contributed by atoms with Gasteiger partial charge in [0.05, 0.1) is 19.1 Å². The minimum Gasteiger partial charge on any atom is -0.494 e. The van der Waals surface area contributed by atoms with E-state index in [-0.39, 0.29) is 24.3 Å². The fourth-order valence-corrected chi connectivity index (χ4v) is 3.80. The van der Waals surface area contributed by atoms with Crippen LogP contribution < -0.4 is 15.4 Å². The number of benzene rings is 1. The summed E-state index contributed by atoms with van der Waals surface area (Å²) in [5.41, 5.74) is 1.12. The van der Waals surface area contributed by atoms with Crippen LogP contribution in [-0.4, -0.2) is 48.5 Å². The van der Waals surface area contributed by atoms with Crippen molar-refractivity contribution in [1.29, 1.82) is 0 Å². The monoisotopic (exact) mass is 359 g/mol. The summed E-state index contributed by atoms with van der Waals surface area (Å²) >= 11 is 0. The number of nitrogens with one attached hydrogen (secondary N) is 2. The van der Waals surface area contributed by atoms with Crippen molar-refractivity contribution in [3.05, 3.63) is 29.8 Å². The molecular formula is C20H29N3O3. The zero-order chi connectivity index (χ0) is 18.4. The number of nitrogens with zero attached hydrogens (tertiary/aromatic N) is 1. The Labute approximate surface area is 155 Å². The molecule has 1 saturated heterocycles. The number of rotatable bonds is 7. The molecule has 2 N–H and O–H groups in total. The van der Waals surface area contributed by atoms with Gasteiger partial charge in [-0.05, 0) is 37.5 Å². The number of hydrogen-bond donors (Lipinski definition) is 2. The molecule has 0 aromatic heterocycles. The smallest absolute Gasteiger partial charge is 0.237 e. The molecule has 2 fully saturated rings. The standard InChI is InChI=1S/C20H29N3O3/c1-2-26-17-9-7-15(8-10-17)14-23-12-11-21-20(25)18(23)13-19(24)22-16-5-3-4-6-16/h7-10,16,18H,2-6,11-14H2,1H3,(H,21,25)(H,22,24)/t18-/m1/s1.